The summed E-state index contributed by atoms with van der Waals surface area (Å²) in [5.41, 5.74) is 0.249. The summed E-state index contributed by atoms with van der Waals surface area (Å²) in [6, 6.07) is 0. The van der Waals surface area contributed by atoms with Gasteiger partial charge in [-0.2, -0.15) is 0 Å². The van der Waals surface area contributed by atoms with E-state index in [4.69, 9.17) is 9.84 Å². The van der Waals surface area contributed by atoms with Gasteiger partial charge in [0, 0.05) is 17.8 Å². The van der Waals surface area contributed by atoms with E-state index in [0.29, 0.717) is 19.5 Å². The van der Waals surface area contributed by atoms with E-state index in [0.717, 1.165) is 21.9 Å². The van der Waals surface area contributed by atoms with Crippen LogP contribution in [0.4, 0.5) is 4.79 Å². The van der Waals surface area contributed by atoms with Crippen molar-refractivity contribution in [3.05, 3.63) is 15.6 Å². The molecule has 6 nitrogen and oxygen atoms in total. The SMILES string of the molecule is CC(C)(C)OC(=O)N1CCc2nc(C(=O)O)sc2C1.[LiH]. The number of carboxylic acids is 1. The number of carboxylic acid groups (broad SMARTS) is 1. The third-order valence-corrected chi connectivity index (χ3v) is 3.64. The van der Waals surface area contributed by atoms with Gasteiger partial charge >= 0.3 is 30.9 Å². The Kier molecular flexibility index (Phi) is 5.25. The van der Waals surface area contributed by atoms with Gasteiger partial charge in [-0.05, 0) is 20.8 Å². The molecule has 0 atom stereocenters. The van der Waals surface area contributed by atoms with E-state index in [-0.39, 0.29) is 30.0 Å². The number of aromatic carboxylic acids is 1. The molecule has 0 saturated carbocycles. The number of nitrogens with zero attached hydrogens (tertiary/aromatic N) is 2. The molecule has 2 rings (SSSR count). The zero-order chi connectivity index (χ0) is 14.2. The number of aromatic nitrogens is 1. The first kappa shape index (κ1) is 17.0. The summed E-state index contributed by atoms with van der Waals surface area (Å²) >= 11 is 1.12. The molecule has 20 heavy (non-hydrogen) atoms. The summed E-state index contributed by atoms with van der Waals surface area (Å²) in [6.07, 6.45) is 0.196. The maximum absolute atomic E-state index is 11.9. The normalized spacial score (nSPS) is 14.2. The van der Waals surface area contributed by atoms with E-state index >= 15 is 0 Å². The monoisotopic (exact) mass is 292 g/mol. The summed E-state index contributed by atoms with van der Waals surface area (Å²) in [7, 11) is 0. The van der Waals surface area contributed by atoms with Gasteiger partial charge in [-0.3, -0.25) is 0 Å². The number of thiazole rings is 1. The number of amides is 1. The Morgan fingerprint density at radius 1 is 1.40 bits per heavy atom. The standard InChI is InChI=1S/C12H16N2O4S.Li.H/c1-12(2,3)18-11(17)14-5-4-7-8(6-14)19-9(13-7)10(15)16;;/h4-6H2,1-3H3,(H,15,16);;. The predicted molar refractivity (Wildman–Crippen MR) is 76.6 cm³/mol. The quantitative estimate of drug-likeness (QED) is 0.793. The van der Waals surface area contributed by atoms with Gasteiger partial charge in [-0.1, -0.05) is 0 Å². The molecule has 0 bridgehead atoms. The van der Waals surface area contributed by atoms with Gasteiger partial charge in [0.1, 0.15) is 5.60 Å². The van der Waals surface area contributed by atoms with Gasteiger partial charge in [0.15, 0.2) is 0 Å². The van der Waals surface area contributed by atoms with E-state index in [1.54, 1.807) is 4.90 Å². The van der Waals surface area contributed by atoms with Crippen LogP contribution in [0.25, 0.3) is 0 Å². The number of carbonyl (C=O) groups is 2. The molecule has 0 aromatic carbocycles. The fourth-order valence-electron chi connectivity index (χ4n) is 1.77. The first-order valence-electron chi connectivity index (χ1n) is 5.96. The average Bonchev–Trinajstić information content (AvgIpc) is 2.69. The second-order valence-electron chi connectivity index (χ2n) is 5.35. The molecule has 0 aliphatic carbocycles. The fourth-order valence-corrected chi connectivity index (χ4v) is 2.73. The van der Waals surface area contributed by atoms with Crippen molar-refractivity contribution < 1.29 is 19.4 Å². The molecule has 0 fully saturated rings. The number of hydrogen-bond donors (Lipinski definition) is 1. The van der Waals surface area contributed by atoms with Crippen molar-refractivity contribution in [3.63, 3.8) is 0 Å². The van der Waals surface area contributed by atoms with Crippen LogP contribution in [0, 0.1) is 0 Å². The van der Waals surface area contributed by atoms with Gasteiger partial charge in [0.05, 0.1) is 12.2 Å². The van der Waals surface area contributed by atoms with Crippen molar-refractivity contribution in [1.29, 1.82) is 0 Å². The second-order valence-corrected chi connectivity index (χ2v) is 6.43. The Hall–Kier alpha value is -1.03. The molecule has 2 heterocycles. The van der Waals surface area contributed by atoms with Crippen LogP contribution in [0.5, 0.6) is 0 Å². The molecule has 1 aromatic rings. The van der Waals surface area contributed by atoms with Crippen LogP contribution in [-0.4, -0.2) is 58.1 Å². The molecule has 0 saturated heterocycles. The number of carbonyl (C=O) groups excluding carboxylic acids is 1. The Morgan fingerprint density at radius 2 is 2.05 bits per heavy atom. The first-order chi connectivity index (χ1) is 8.76. The molecule has 1 amide bonds. The molecular formula is C12H17LiN2O4S. The molecule has 0 radical (unpaired) electrons. The zero-order valence-corrected chi connectivity index (χ0v) is 11.9. The van der Waals surface area contributed by atoms with E-state index in [1.165, 1.54) is 0 Å². The first-order valence-corrected chi connectivity index (χ1v) is 6.78. The molecule has 1 aromatic heterocycles. The van der Waals surface area contributed by atoms with Crippen molar-refractivity contribution in [2.75, 3.05) is 6.54 Å². The number of hydrogen-bond acceptors (Lipinski definition) is 5. The summed E-state index contributed by atoms with van der Waals surface area (Å²) in [4.78, 5) is 29.3. The van der Waals surface area contributed by atoms with Gasteiger partial charge in [-0.15, -0.1) is 11.3 Å². The minimum absolute atomic E-state index is 0. The topological polar surface area (TPSA) is 79.7 Å². The van der Waals surface area contributed by atoms with E-state index in [2.05, 4.69) is 4.98 Å². The van der Waals surface area contributed by atoms with Crippen LogP contribution in [0.15, 0.2) is 0 Å². The van der Waals surface area contributed by atoms with Gasteiger partial charge in [0.25, 0.3) is 0 Å². The Bertz CT molecular complexity index is 524. The molecule has 1 aliphatic heterocycles. The van der Waals surface area contributed by atoms with Crippen LogP contribution in [-0.2, 0) is 17.7 Å². The van der Waals surface area contributed by atoms with E-state index < -0.39 is 11.6 Å². The zero-order valence-electron chi connectivity index (χ0n) is 11.1. The van der Waals surface area contributed by atoms with Gasteiger partial charge in [0.2, 0.25) is 5.01 Å². The minimum atomic E-state index is -1.02. The van der Waals surface area contributed by atoms with Gasteiger partial charge in [-0.25, -0.2) is 14.6 Å². The third-order valence-electron chi connectivity index (χ3n) is 2.57. The number of fused-ring (bicyclic) bond motifs is 1. The van der Waals surface area contributed by atoms with Crippen molar-refractivity contribution in [3.8, 4) is 0 Å². The molecule has 106 valence electrons. The van der Waals surface area contributed by atoms with Crippen molar-refractivity contribution in [2.45, 2.75) is 39.3 Å². The van der Waals surface area contributed by atoms with Crippen molar-refractivity contribution in [1.82, 2.24) is 9.88 Å². The Balaban J connectivity index is 0.00000200. The van der Waals surface area contributed by atoms with Crippen molar-refractivity contribution >= 4 is 42.3 Å². The van der Waals surface area contributed by atoms with Crippen LogP contribution in [0.3, 0.4) is 0 Å². The molecule has 8 heteroatoms. The Morgan fingerprint density at radius 3 is 2.60 bits per heavy atom. The van der Waals surface area contributed by atoms with Crippen LogP contribution in [0.2, 0.25) is 0 Å². The number of rotatable bonds is 1. The molecule has 1 aliphatic rings. The van der Waals surface area contributed by atoms with E-state index in [1.807, 2.05) is 20.8 Å². The average molecular weight is 292 g/mol. The Labute approximate surface area is 133 Å². The molecular weight excluding hydrogens is 275 g/mol. The maximum atomic E-state index is 11.9. The fraction of sp³-hybridized carbons (Fsp3) is 0.583. The second kappa shape index (κ2) is 6.16. The van der Waals surface area contributed by atoms with E-state index in [9.17, 15) is 9.59 Å². The van der Waals surface area contributed by atoms with Gasteiger partial charge < -0.3 is 14.7 Å². The molecule has 0 spiro atoms. The summed E-state index contributed by atoms with van der Waals surface area (Å²) in [6.45, 7) is 6.32. The van der Waals surface area contributed by atoms with Crippen LogP contribution < -0.4 is 0 Å². The summed E-state index contributed by atoms with van der Waals surface area (Å²) in [5.74, 6) is -1.02. The molecule has 1 N–H and O–H groups in total. The number of ether oxygens (including phenoxy) is 1. The predicted octanol–water partition coefficient (Wildman–Crippen LogP) is 1.49. The molecule has 0 unspecified atom stereocenters. The van der Waals surface area contributed by atoms with Crippen LogP contribution in [0.1, 0.15) is 41.1 Å². The summed E-state index contributed by atoms with van der Waals surface area (Å²) < 4.78 is 5.30. The third kappa shape index (κ3) is 3.98. The summed E-state index contributed by atoms with van der Waals surface area (Å²) in [5, 5.41) is 8.98. The van der Waals surface area contributed by atoms with Crippen molar-refractivity contribution in [2.24, 2.45) is 0 Å². The van der Waals surface area contributed by atoms with Crippen LogP contribution >= 0.6 is 11.3 Å².